The summed E-state index contributed by atoms with van der Waals surface area (Å²) in [6.45, 7) is 10.4. The number of aromatic nitrogens is 2. The van der Waals surface area contributed by atoms with Gasteiger partial charge in [-0.05, 0) is 25.8 Å². The van der Waals surface area contributed by atoms with Crippen LogP contribution in [0.4, 0.5) is 0 Å². The largest absolute Gasteiger partial charge is 0.373 e. The highest BCUT2D eigenvalue weighted by atomic mass is 16.5. The Morgan fingerprint density at radius 3 is 2.67 bits per heavy atom. The summed E-state index contributed by atoms with van der Waals surface area (Å²) in [6.07, 6.45) is 2.01. The van der Waals surface area contributed by atoms with E-state index in [1.807, 2.05) is 6.07 Å². The van der Waals surface area contributed by atoms with E-state index in [9.17, 15) is 4.79 Å². The fourth-order valence-electron chi connectivity index (χ4n) is 3.01. The van der Waals surface area contributed by atoms with E-state index in [2.05, 4.69) is 48.1 Å². The minimum Gasteiger partial charge on any atom is -0.373 e. The maximum atomic E-state index is 12.6. The van der Waals surface area contributed by atoms with Gasteiger partial charge in [-0.25, -0.2) is 0 Å². The van der Waals surface area contributed by atoms with Crippen molar-refractivity contribution in [3.8, 4) is 0 Å². The zero-order valence-electron chi connectivity index (χ0n) is 13.3. The van der Waals surface area contributed by atoms with Crippen molar-refractivity contribution in [2.75, 3.05) is 13.1 Å². The highest BCUT2D eigenvalue weighted by molar-refractivity contribution is 5.82. The van der Waals surface area contributed by atoms with Crippen LogP contribution in [0.2, 0.25) is 0 Å². The molecule has 0 radical (unpaired) electrons. The van der Waals surface area contributed by atoms with Crippen molar-refractivity contribution < 1.29 is 9.53 Å². The fourth-order valence-corrected chi connectivity index (χ4v) is 3.01. The molecule has 0 aromatic carbocycles. The van der Waals surface area contributed by atoms with Crippen molar-refractivity contribution in [2.24, 2.45) is 5.92 Å². The van der Waals surface area contributed by atoms with Crippen molar-refractivity contribution in [3.05, 3.63) is 18.0 Å². The van der Waals surface area contributed by atoms with Crippen LogP contribution in [0.15, 0.2) is 12.3 Å². The van der Waals surface area contributed by atoms with Gasteiger partial charge in [0.05, 0.1) is 30.5 Å². The molecular weight excluding hydrogens is 268 g/mol. The third-order valence-corrected chi connectivity index (χ3v) is 3.75. The number of amides is 1. The third-order valence-electron chi connectivity index (χ3n) is 3.75. The van der Waals surface area contributed by atoms with Crippen molar-refractivity contribution in [1.82, 2.24) is 20.4 Å². The first-order chi connectivity index (χ1) is 9.97. The topological polar surface area (TPSA) is 70.2 Å². The Labute approximate surface area is 126 Å². The smallest absolute Gasteiger partial charge is 0.237 e. The van der Waals surface area contributed by atoms with Crippen LogP contribution >= 0.6 is 0 Å². The third kappa shape index (κ3) is 4.28. The van der Waals surface area contributed by atoms with E-state index < -0.39 is 0 Å². The molecule has 1 fully saturated rings. The molecule has 0 aliphatic carbocycles. The van der Waals surface area contributed by atoms with Gasteiger partial charge in [0.2, 0.25) is 5.91 Å². The number of hydrogen-bond donors (Lipinski definition) is 2. The summed E-state index contributed by atoms with van der Waals surface area (Å²) in [4.78, 5) is 14.8. The van der Waals surface area contributed by atoms with E-state index >= 15 is 0 Å². The van der Waals surface area contributed by atoms with Gasteiger partial charge in [0, 0.05) is 19.3 Å². The molecular formula is C15H26N4O2. The fraction of sp³-hybridized carbons (Fsp3) is 0.733. The van der Waals surface area contributed by atoms with E-state index in [0.717, 1.165) is 18.8 Å². The van der Waals surface area contributed by atoms with E-state index in [-0.39, 0.29) is 30.1 Å². The number of hydrogen-bond acceptors (Lipinski definition) is 4. The second-order valence-electron chi connectivity index (χ2n) is 6.20. The molecule has 2 heterocycles. The number of morpholine rings is 1. The lowest BCUT2D eigenvalue weighted by atomic mass is 9.99. The number of nitrogens with one attached hydrogen (secondary N) is 2. The Morgan fingerprint density at radius 2 is 2.14 bits per heavy atom. The Morgan fingerprint density at radius 1 is 1.48 bits per heavy atom. The number of aromatic amines is 1. The molecule has 2 N–H and O–H groups in total. The average molecular weight is 294 g/mol. The van der Waals surface area contributed by atoms with Crippen LogP contribution in [-0.2, 0) is 16.1 Å². The number of carbonyl (C=O) groups excluding carboxylic acids is 1. The minimum atomic E-state index is -0.123. The maximum Gasteiger partial charge on any atom is 0.237 e. The SMILES string of the molecule is CC(C)[C@H](C(=O)NCc1ccn[nH]1)N1C[C@@H](C)O[C@@H](C)C1. The van der Waals surface area contributed by atoms with E-state index in [1.54, 1.807) is 6.20 Å². The van der Waals surface area contributed by atoms with Crippen LogP contribution in [0.1, 0.15) is 33.4 Å². The molecule has 1 amide bonds. The molecule has 0 saturated carbocycles. The molecule has 6 heteroatoms. The van der Waals surface area contributed by atoms with Crippen molar-refractivity contribution in [2.45, 2.75) is 52.5 Å². The molecule has 0 unspecified atom stereocenters. The number of carbonyl (C=O) groups is 1. The van der Waals surface area contributed by atoms with E-state index in [4.69, 9.17) is 4.74 Å². The summed E-state index contributed by atoms with van der Waals surface area (Å²) in [5, 5.41) is 9.74. The van der Waals surface area contributed by atoms with Gasteiger partial charge in [-0.2, -0.15) is 5.10 Å². The molecule has 1 aromatic rings. The van der Waals surface area contributed by atoms with Crippen LogP contribution in [0.3, 0.4) is 0 Å². The van der Waals surface area contributed by atoms with Gasteiger partial charge in [-0.1, -0.05) is 13.8 Å². The molecule has 6 nitrogen and oxygen atoms in total. The van der Waals surface area contributed by atoms with Crippen LogP contribution < -0.4 is 5.32 Å². The van der Waals surface area contributed by atoms with Crippen molar-refractivity contribution in [3.63, 3.8) is 0 Å². The first-order valence-corrected chi connectivity index (χ1v) is 7.63. The van der Waals surface area contributed by atoms with Crippen LogP contribution in [0.5, 0.6) is 0 Å². The van der Waals surface area contributed by atoms with Crippen LogP contribution in [0, 0.1) is 5.92 Å². The Hall–Kier alpha value is -1.40. The molecule has 2 rings (SSSR count). The van der Waals surface area contributed by atoms with Gasteiger partial charge in [-0.3, -0.25) is 14.8 Å². The number of rotatable bonds is 5. The molecule has 21 heavy (non-hydrogen) atoms. The summed E-state index contributed by atoms with van der Waals surface area (Å²) in [6, 6.07) is 1.74. The quantitative estimate of drug-likeness (QED) is 0.855. The highest BCUT2D eigenvalue weighted by Gasteiger charge is 2.33. The summed E-state index contributed by atoms with van der Waals surface area (Å²) < 4.78 is 5.76. The van der Waals surface area contributed by atoms with E-state index in [1.165, 1.54) is 0 Å². The molecule has 1 saturated heterocycles. The van der Waals surface area contributed by atoms with Crippen LogP contribution in [-0.4, -0.2) is 52.3 Å². The lowest BCUT2D eigenvalue weighted by molar-refractivity contribution is -0.135. The molecule has 1 aliphatic rings. The number of nitrogens with zero attached hydrogens (tertiary/aromatic N) is 2. The second-order valence-corrected chi connectivity index (χ2v) is 6.20. The Bertz CT molecular complexity index is 437. The number of ether oxygens (including phenoxy) is 1. The summed E-state index contributed by atoms with van der Waals surface area (Å²) in [7, 11) is 0. The van der Waals surface area contributed by atoms with Gasteiger partial charge < -0.3 is 10.1 Å². The predicted molar refractivity (Wildman–Crippen MR) is 80.6 cm³/mol. The normalized spacial score (nSPS) is 25.0. The predicted octanol–water partition coefficient (Wildman–Crippen LogP) is 1.16. The van der Waals surface area contributed by atoms with Crippen molar-refractivity contribution >= 4 is 5.91 Å². The molecule has 0 spiro atoms. The first kappa shape index (κ1) is 16.0. The number of H-pyrrole nitrogens is 1. The monoisotopic (exact) mass is 294 g/mol. The van der Waals surface area contributed by atoms with Crippen LogP contribution in [0.25, 0.3) is 0 Å². The zero-order chi connectivity index (χ0) is 15.4. The molecule has 0 bridgehead atoms. The van der Waals surface area contributed by atoms with E-state index in [0.29, 0.717) is 6.54 Å². The standard InChI is InChI=1S/C15H26N4O2/c1-10(2)14(19-8-11(3)21-12(4)9-19)15(20)16-7-13-5-6-17-18-13/h5-6,10-12,14H,7-9H2,1-4H3,(H,16,20)(H,17,18)/t11-,12+,14-/m1/s1. The summed E-state index contributed by atoms with van der Waals surface area (Å²) in [5.41, 5.74) is 0.912. The zero-order valence-corrected chi connectivity index (χ0v) is 13.3. The maximum absolute atomic E-state index is 12.6. The minimum absolute atomic E-state index is 0.0703. The second kappa shape index (κ2) is 7.04. The summed E-state index contributed by atoms with van der Waals surface area (Å²) >= 11 is 0. The van der Waals surface area contributed by atoms with Gasteiger partial charge in [0.1, 0.15) is 0 Å². The van der Waals surface area contributed by atoms with Gasteiger partial charge in [0.25, 0.3) is 0 Å². The molecule has 3 atom stereocenters. The molecule has 1 aliphatic heterocycles. The van der Waals surface area contributed by atoms with Gasteiger partial charge in [0.15, 0.2) is 0 Å². The lowest BCUT2D eigenvalue weighted by Crippen LogP contribution is -2.56. The Balaban J connectivity index is 1.98. The van der Waals surface area contributed by atoms with Crippen molar-refractivity contribution in [1.29, 1.82) is 0 Å². The summed E-state index contributed by atoms with van der Waals surface area (Å²) in [5.74, 6) is 0.324. The first-order valence-electron chi connectivity index (χ1n) is 7.63. The van der Waals surface area contributed by atoms with Gasteiger partial charge >= 0.3 is 0 Å². The average Bonchev–Trinajstić information content (AvgIpc) is 2.87. The molecule has 118 valence electrons. The molecule has 1 aromatic heterocycles. The Kier molecular flexibility index (Phi) is 5.36. The lowest BCUT2D eigenvalue weighted by Gasteiger charge is -2.41. The van der Waals surface area contributed by atoms with Gasteiger partial charge in [-0.15, -0.1) is 0 Å². The highest BCUT2D eigenvalue weighted by Crippen LogP contribution is 2.18.